The van der Waals surface area contributed by atoms with Gasteiger partial charge in [0.1, 0.15) is 6.17 Å². The quantitative estimate of drug-likeness (QED) is 0.246. The molecule has 0 spiro atoms. The molecule has 5 aromatic rings. The maximum atomic E-state index is 2.38. The Morgan fingerprint density at radius 1 is 0.459 bits per heavy atom. The van der Waals surface area contributed by atoms with Crippen molar-refractivity contribution in [3.05, 3.63) is 133 Å². The molecular weight excluding hydrogens is 448 g/mol. The molecule has 37 heavy (non-hydrogen) atoms. The van der Waals surface area contributed by atoms with Gasteiger partial charge < -0.3 is 9.80 Å². The van der Waals surface area contributed by atoms with E-state index in [-0.39, 0.29) is 6.17 Å². The highest BCUT2D eigenvalue weighted by molar-refractivity contribution is 6.03. The number of hydrogen-bond donors (Lipinski definition) is 0. The number of para-hydroxylation sites is 1. The zero-order chi connectivity index (χ0) is 24.9. The first kappa shape index (κ1) is 21.7. The largest absolute Gasteiger partial charge is 0.326 e. The van der Waals surface area contributed by atoms with Crippen LogP contribution in [0.4, 0.5) is 11.4 Å². The predicted molar refractivity (Wildman–Crippen MR) is 156 cm³/mol. The Hall–Kier alpha value is -4.56. The van der Waals surface area contributed by atoms with Crippen molar-refractivity contribution in [2.75, 3.05) is 9.80 Å². The predicted octanol–water partition coefficient (Wildman–Crippen LogP) is 9.12. The SMILES string of the molecule is Cc1ccccc1N1C=CN(c2ccc3c(c2)-c2ccccc2-c2ccccc2-c2ccccc2-3)[C@@H]1C. The Morgan fingerprint density at radius 3 is 1.43 bits per heavy atom. The summed E-state index contributed by atoms with van der Waals surface area (Å²) in [6, 6.07) is 42.0. The fourth-order valence-electron chi connectivity index (χ4n) is 5.97. The average Bonchev–Trinajstić information content (AvgIpc) is 3.33. The number of rotatable bonds is 2. The molecule has 1 atom stereocenters. The van der Waals surface area contributed by atoms with E-state index >= 15 is 0 Å². The van der Waals surface area contributed by atoms with Crippen LogP contribution >= 0.6 is 0 Å². The standard InChI is InChI=1S/C35H28N2/c1-24-11-3-10-18-35(24)37-22-21-36(25(37)2)26-19-20-33-31-16-7-6-14-29(31)27-12-4-5-13-28(27)30-15-8-9-17-32(30)34(33)23-26/h3-23,25H,1-2H3/t25-/m0/s1. The summed E-state index contributed by atoms with van der Waals surface area (Å²) >= 11 is 0. The normalized spacial score (nSPS) is 15.4. The Bertz CT molecular complexity index is 1670. The van der Waals surface area contributed by atoms with E-state index in [0.29, 0.717) is 0 Å². The molecule has 7 rings (SSSR count). The van der Waals surface area contributed by atoms with Gasteiger partial charge >= 0.3 is 0 Å². The Morgan fingerprint density at radius 2 is 0.892 bits per heavy atom. The van der Waals surface area contributed by atoms with Gasteiger partial charge in [0.25, 0.3) is 0 Å². The minimum absolute atomic E-state index is 0.177. The summed E-state index contributed by atoms with van der Waals surface area (Å²) in [4.78, 5) is 4.72. The molecule has 1 aliphatic carbocycles. The molecule has 0 saturated heterocycles. The molecule has 0 radical (unpaired) electrons. The first-order chi connectivity index (χ1) is 18.2. The van der Waals surface area contributed by atoms with Crippen LogP contribution in [-0.4, -0.2) is 6.17 Å². The lowest BCUT2D eigenvalue weighted by atomic mass is 9.81. The van der Waals surface area contributed by atoms with Gasteiger partial charge in [0.05, 0.1) is 0 Å². The zero-order valence-electron chi connectivity index (χ0n) is 21.1. The van der Waals surface area contributed by atoms with Crippen LogP contribution in [0.3, 0.4) is 0 Å². The summed E-state index contributed by atoms with van der Waals surface area (Å²) in [7, 11) is 0. The Labute approximate surface area is 218 Å². The molecule has 0 saturated carbocycles. The van der Waals surface area contributed by atoms with Gasteiger partial charge in [0.15, 0.2) is 0 Å². The Balaban J connectivity index is 1.41. The average molecular weight is 477 g/mol. The molecule has 0 bridgehead atoms. The van der Waals surface area contributed by atoms with E-state index in [1.807, 2.05) is 0 Å². The van der Waals surface area contributed by atoms with Crippen molar-refractivity contribution >= 4 is 11.4 Å². The van der Waals surface area contributed by atoms with Crippen LogP contribution in [0, 0.1) is 6.92 Å². The molecule has 5 aromatic carbocycles. The van der Waals surface area contributed by atoms with Gasteiger partial charge in [0.2, 0.25) is 0 Å². The summed E-state index contributed by atoms with van der Waals surface area (Å²) in [6.07, 6.45) is 4.58. The number of benzene rings is 5. The number of aryl methyl sites for hydroxylation is 1. The monoisotopic (exact) mass is 476 g/mol. The molecule has 0 aromatic heterocycles. The maximum absolute atomic E-state index is 2.38. The van der Waals surface area contributed by atoms with Crippen LogP contribution in [0.25, 0.3) is 44.5 Å². The fraction of sp³-hybridized carbons (Fsp3) is 0.0857. The third-order valence-corrected chi connectivity index (χ3v) is 7.83. The van der Waals surface area contributed by atoms with Crippen molar-refractivity contribution in [1.82, 2.24) is 0 Å². The van der Waals surface area contributed by atoms with Crippen LogP contribution in [-0.2, 0) is 0 Å². The topological polar surface area (TPSA) is 6.48 Å². The summed E-state index contributed by atoms with van der Waals surface area (Å²) in [5, 5.41) is 0. The molecule has 0 unspecified atom stereocenters. The van der Waals surface area contributed by atoms with Crippen LogP contribution < -0.4 is 9.80 Å². The number of hydrogen-bond acceptors (Lipinski definition) is 2. The van der Waals surface area contributed by atoms with E-state index < -0.39 is 0 Å². The van der Waals surface area contributed by atoms with Gasteiger partial charge in [-0.15, -0.1) is 0 Å². The highest BCUT2D eigenvalue weighted by atomic mass is 15.4. The van der Waals surface area contributed by atoms with Gasteiger partial charge in [-0.1, -0.05) is 97.1 Å². The van der Waals surface area contributed by atoms with Gasteiger partial charge in [-0.25, -0.2) is 0 Å². The highest BCUT2D eigenvalue weighted by Gasteiger charge is 2.27. The molecule has 1 aliphatic heterocycles. The van der Waals surface area contributed by atoms with Crippen LogP contribution in [0.5, 0.6) is 0 Å². The van der Waals surface area contributed by atoms with E-state index in [1.54, 1.807) is 0 Å². The second-order valence-corrected chi connectivity index (χ2v) is 9.90. The molecule has 178 valence electrons. The van der Waals surface area contributed by atoms with E-state index in [9.17, 15) is 0 Å². The first-order valence-corrected chi connectivity index (χ1v) is 12.9. The molecule has 2 heteroatoms. The minimum atomic E-state index is 0.177. The molecule has 0 fully saturated rings. The summed E-state index contributed by atoms with van der Waals surface area (Å²) in [5.41, 5.74) is 13.9. The molecular formula is C35H28N2. The lowest BCUT2D eigenvalue weighted by Gasteiger charge is -2.31. The van der Waals surface area contributed by atoms with Crippen LogP contribution in [0.2, 0.25) is 0 Å². The van der Waals surface area contributed by atoms with E-state index in [0.717, 1.165) is 0 Å². The van der Waals surface area contributed by atoms with Gasteiger partial charge in [0, 0.05) is 23.8 Å². The zero-order valence-corrected chi connectivity index (χ0v) is 21.1. The third-order valence-electron chi connectivity index (χ3n) is 7.83. The van der Waals surface area contributed by atoms with Gasteiger partial charge in [-0.3, -0.25) is 0 Å². The molecule has 2 aliphatic rings. The van der Waals surface area contributed by atoms with Crippen molar-refractivity contribution in [1.29, 1.82) is 0 Å². The Kier molecular flexibility index (Phi) is 5.00. The summed E-state index contributed by atoms with van der Waals surface area (Å²) in [5.74, 6) is 0. The smallest absolute Gasteiger partial charge is 0.107 e. The van der Waals surface area contributed by atoms with Crippen LogP contribution in [0.15, 0.2) is 128 Å². The number of anilines is 2. The maximum Gasteiger partial charge on any atom is 0.107 e. The minimum Gasteiger partial charge on any atom is -0.326 e. The fourth-order valence-corrected chi connectivity index (χ4v) is 5.97. The summed E-state index contributed by atoms with van der Waals surface area (Å²) < 4.78 is 0. The van der Waals surface area contributed by atoms with Crippen molar-refractivity contribution in [3.63, 3.8) is 0 Å². The summed E-state index contributed by atoms with van der Waals surface area (Å²) in [6.45, 7) is 4.44. The molecule has 1 heterocycles. The second kappa shape index (κ2) is 8.53. The molecule has 2 nitrogen and oxygen atoms in total. The van der Waals surface area contributed by atoms with E-state index in [4.69, 9.17) is 0 Å². The van der Waals surface area contributed by atoms with Crippen LogP contribution in [0.1, 0.15) is 12.5 Å². The second-order valence-electron chi connectivity index (χ2n) is 9.90. The van der Waals surface area contributed by atoms with Gasteiger partial charge in [-0.2, -0.15) is 0 Å². The van der Waals surface area contributed by atoms with Crippen molar-refractivity contribution in [3.8, 4) is 44.5 Å². The molecule has 0 N–H and O–H groups in total. The molecule has 0 amide bonds. The number of fused-ring (bicyclic) bond motifs is 8. The van der Waals surface area contributed by atoms with Gasteiger partial charge in [-0.05, 0) is 82.1 Å². The van der Waals surface area contributed by atoms with E-state index in [1.165, 1.54) is 61.4 Å². The third kappa shape index (κ3) is 3.41. The lowest BCUT2D eigenvalue weighted by Crippen LogP contribution is -2.36. The number of nitrogens with zero attached hydrogens (tertiary/aromatic N) is 2. The highest BCUT2D eigenvalue weighted by Crippen LogP contribution is 2.48. The lowest BCUT2D eigenvalue weighted by molar-refractivity contribution is 0.748. The van der Waals surface area contributed by atoms with E-state index in [2.05, 4.69) is 151 Å². The van der Waals surface area contributed by atoms with Crippen molar-refractivity contribution < 1.29 is 0 Å². The van der Waals surface area contributed by atoms with Crippen molar-refractivity contribution in [2.45, 2.75) is 20.0 Å². The van der Waals surface area contributed by atoms with Crippen molar-refractivity contribution in [2.24, 2.45) is 0 Å². The first-order valence-electron chi connectivity index (χ1n) is 12.9.